The van der Waals surface area contributed by atoms with Crippen LogP contribution in [0.15, 0.2) is 35.7 Å². The second-order valence-corrected chi connectivity index (χ2v) is 5.50. The van der Waals surface area contributed by atoms with Crippen molar-refractivity contribution in [1.82, 2.24) is 15.6 Å². The number of benzene rings is 1. The number of carbonyl (C=O) groups is 1. The van der Waals surface area contributed by atoms with Crippen LogP contribution in [0.3, 0.4) is 0 Å². The molecule has 1 atom stereocenters. The fourth-order valence-electron chi connectivity index (χ4n) is 1.89. The predicted octanol–water partition coefficient (Wildman–Crippen LogP) is 2.24. The molecule has 0 saturated carbocycles. The van der Waals surface area contributed by atoms with Crippen molar-refractivity contribution < 1.29 is 9.90 Å². The summed E-state index contributed by atoms with van der Waals surface area (Å²) in [7, 11) is 0. The Morgan fingerprint density at radius 3 is 2.76 bits per heavy atom. The highest BCUT2D eigenvalue weighted by molar-refractivity contribution is 7.09. The highest BCUT2D eigenvalue weighted by Crippen LogP contribution is 2.12. The van der Waals surface area contributed by atoms with Crippen molar-refractivity contribution in [2.75, 3.05) is 6.61 Å². The van der Waals surface area contributed by atoms with Gasteiger partial charge in [0.05, 0.1) is 29.9 Å². The number of aliphatic hydroxyl groups is 1. The first-order valence-electron chi connectivity index (χ1n) is 6.86. The Kier molecular flexibility index (Phi) is 5.71. The number of carbonyl (C=O) groups excluding carboxylic acids is 1. The highest BCUT2D eigenvalue weighted by atomic mass is 32.1. The minimum atomic E-state index is -0.409. The number of aromatic nitrogens is 1. The van der Waals surface area contributed by atoms with Gasteiger partial charge in [0.15, 0.2) is 0 Å². The number of hydrogen-bond donors (Lipinski definition) is 3. The second kappa shape index (κ2) is 7.75. The molecule has 112 valence electrons. The van der Waals surface area contributed by atoms with Crippen molar-refractivity contribution in [2.45, 2.75) is 25.9 Å². The van der Waals surface area contributed by atoms with Gasteiger partial charge < -0.3 is 15.7 Å². The molecule has 1 unspecified atom stereocenters. The summed E-state index contributed by atoms with van der Waals surface area (Å²) >= 11 is 1.59. The topological polar surface area (TPSA) is 74.2 Å². The molecule has 0 fully saturated rings. The number of nitrogens with one attached hydrogen (secondary N) is 2. The molecule has 0 aliphatic rings. The summed E-state index contributed by atoms with van der Waals surface area (Å²) in [5.41, 5.74) is 1.73. The molecule has 0 spiro atoms. The van der Waals surface area contributed by atoms with Crippen LogP contribution in [0.5, 0.6) is 0 Å². The number of hydrogen-bond acceptors (Lipinski definition) is 4. The molecule has 0 aliphatic heterocycles. The van der Waals surface area contributed by atoms with E-state index in [9.17, 15) is 9.90 Å². The van der Waals surface area contributed by atoms with Crippen molar-refractivity contribution in [3.8, 4) is 0 Å². The number of urea groups is 1. The van der Waals surface area contributed by atoms with Gasteiger partial charge in [-0.1, -0.05) is 37.3 Å². The lowest BCUT2D eigenvalue weighted by Gasteiger charge is -2.16. The summed E-state index contributed by atoms with van der Waals surface area (Å²) in [5.74, 6) is 0. The number of aryl methyl sites for hydroxylation is 1. The van der Waals surface area contributed by atoms with Crippen molar-refractivity contribution in [2.24, 2.45) is 0 Å². The van der Waals surface area contributed by atoms with E-state index in [0.29, 0.717) is 6.54 Å². The Balaban J connectivity index is 1.85. The van der Waals surface area contributed by atoms with E-state index < -0.39 is 6.04 Å². The first kappa shape index (κ1) is 15.5. The third-order valence-electron chi connectivity index (χ3n) is 3.02. The zero-order valence-electron chi connectivity index (χ0n) is 11.9. The summed E-state index contributed by atoms with van der Waals surface area (Å²) in [5, 5.41) is 17.9. The second-order valence-electron chi connectivity index (χ2n) is 4.56. The van der Waals surface area contributed by atoms with E-state index in [1.165, 1.54) is 0 Å². The first-order chi connectivity index (χ1) is 10.2. The van der Waals surface area contributed by atoms with Gasteiger partial charge in [0.1, 0.15) is 0 Å². The van der Waals surface area contributed by atoms with Crippen molar-refractivity contribution in [1.29, 1.82) is 0 Å². The maximum Gasteiger partial charge on any atom is 0.315 e. The Labute approximate surface area is 128 Å². The molecule has 2 rings (SSSR count). The van der Waals surface area contributed by atoms with Crippen LogP contribution in [0.25, 0.3) is 0 Å². The van der Waals surface area contributed by atoms with Crippen LogP contribution in [0.4, 0.5) is 4.79 Å². The van der Waals surface area contributed by atoms with Crippen molar-refractivity contribution in [3.05, 3.63) is 52.0 Å². The average molecular weight is 305 g/mol. The molecule has 3 N–H and O–H groups in total. The SMILES string of the molecule is CCc1nc(CNC(=O)NC(CO)c2ccccc2)cs1. The van der Waals surface area contributed by atoms with Crippen LogP contribution >= 0.6 is 11.3 Å². The third-order valence-corrected chi connectivity index (χ3v) is 4.06. The smallest absolute Gasteiger partial charge is 0.315 e. The van der Waals surface area contributed by atoms with Gasteiger partial charge in [-0.3, -0.25) is 0 Å². The summed E-state index contributed by atoms with van der Waals surface area (Å²) in [6.45, 7) is 2.29. The molecule has 1 aromatic carbocycles. The van der Waals surface area contributed by atoms with Gasteiger partial charge in [-0.25, -0.2) is 9.78 Å². The van der Waals surface area contributed by atoms with Gasteiger partial charge in [0.2, 0.25) is 0 Å². The minimum Gasteiger partial charge on any atom is -0.394 e. The molecule has 1 aromatic heterocycles. The number of amides is 2. The van der Waals surface area contributed by atoms with Crippen LogP contribution < -0.4 is 10.6 Å². The normalized spacial score (nSPS) is 11.9. The van der Waals surface area contributed by atoms with Crippen LogP contribution in [0.2, 0.25) is 0 Å². The van der Waals surface area contributed by atoms with Gasteiger partial charge in [0, 0.05) is 5.38 Å². The lowest BCUT2D eigenvalue weighted by molar-refractivity contribution is 0.216. The molecular weight excluding hydrogens is 286 g/mol. The van der Waals surface area contributed by atoms with E-state index in [1.54, 1.807) is 11.3 Å². The molecule has 0 saturated heterocycles. The van der Waals surface area contributed by atoms with E-state index >= 15 is 0 Å². The summed E-state index contributed by atoms with van der Waals surface area (Å²) < 4.78 is 0. The fourth-order valence-corrected chi connectivity index (χ4v) is 2.64. The van der Waals surface area contributed by atoms with Gasteiger partial charge in [0.25, 0.3) is 0 Å². The molecule has 2 amide bonds. The molecule has 0 radical (unpaired) electrons. The summed E-state index contributed by atoms with van der Waals surface area (Å²) in [4.78, 5) is 16.3. The van der Waals surface area contributed by atoms with Crippen LogP contribution in [-0.4, -0.2) is 22.7 Å². The fraction of sp³-hybridized carbons (Fsp3) is 0.333. The lowest BCUT2D eigenvalue weighted by Crippen LogP contribution is -2.38. The van der Waals surface area contributed by atoms with E-state index in [4.69, 9.17) is 0 Å². The molecule has 21 heavy (non-hydrogen) atoms. The molecular formula is C15H19N3O2S. The Hall–Kier alpha value is -1.92. The average Bonchev–Trinajstić information content (AvgIpc) is 2.99. The lowest BCUT2D eigenvalue weighted by atomic mass is 10.1. The monoisotopic (exact) mass is 305 g/mol. The van der Waals surface area contributed by atoms with E-state index in [1.807, 2.05) is 35.7 Å². The Bertz CT molecular complexity index is 571. The van der Waals surface area contributed by atoms with E-state index in [2.05, 4.69) is 22.5 Å². The first-order valence-corrected chi connectivity index (χ1v) is 7.74. The van der Waals surface area contributed by atoms with Crippen LogP contribution in [-0.2, 0) is 13.0 Å². The van der Waals surface area contributed by atoms with E-state index in [-0.39, 0.29) is 12.6 Å². The van der Waals surface area contributed by atoms with Gasteiger partial charge >= 0.3 is 6.03 Å². The van der Waals surface area contributed by atoms with Gasteiger partial charge in [-0.15, -0.1) is 11.3 Å². The summed E-state index contributed by atoms with van der Waals surface area (Å²) in [6.07, 6.45) is 0.900. The minimum absolute atomic E-state index is 0.145. The van der Waals surface area contributed by atoms with E-state index in [0.717, 1.165) is 22.7 Å². The van der Waals surface area contributed by atoms with Crippen molar-refractivity contribution in [3.63, 3.8) is 0 Å². The molecule has 0 aliphatic carbocycles. The molecule has 0 bridgehead atoms. The predicted molar refractivity (Wildman–Crippen MR) is 83.1 cm³/mol. The summed E-state index contributed by atoms with van der Waals surface area (Å²) in [6, 6.07) is 8.66. The van der Waals surface area contributed by atoms with Gasteiger partial charge in [-0.05, 0) is 12.0 Å². The largest absolute Gasteiger partial charge is 0.394 e. The molecule has 5 nitrogen and oxygen atoms in total. The molecule has 2 aromatic rings. The van der Waals surface area contributed by atoms with Gasteiger partial charge in [-0.2, -0.15) is 0 Å². The maximum absolute atomic E-state index is 11.9. The quantitative estimate of drug-likeness (QED) is 0.766. The number of rotatable bonds is 6. The Morgan fingerprint density at radius 2 is 2.14 bits per heavy atom. The number of nitrogens with zero attached hydrogens (tertiary/aromatic N) is 1. The number of thiazole rings is 1. The zero-order valence-corrected chi connectivity index (χ0v) is 12.7. The maximum atomic E-state index is 11.9. The zero-order chi connectivity index (χ0) is 15.1. The Morgan fingerprint density at radius 1 is 1.38 bits per heavy atom. The highest BCUT2D eigenvalue weighted by Gasteiger charge is 2.13. The third kappa shape index (κ3) is 4.54. The van der Waals surface area contributed by atoms with Crippen LogP contribution in [0, 0.1) is 0 Å². The standard InChI is InChI=1S/C15H19N3O2S/c1-2-14-17-12(10-21-14)8-16-15(20)18-13(9-19)11-6-4-3-5-7-11/h3-7,10,13,19H,2,8-9H2,1H3,(H2,16,18,20). The van der Waals surface area contributed by atoms with Crippen LogP contribution in [0.1, 0.15) is 29.2 Å². The molecule has 1 heterocycles. The number of aliphatic hydroxyl groups excluding tert-OH is 1. The molecule has 6 heteroatoms. The van der Waals surface area contributed by atoms with Crippen molar-refractivity contribution >= 4 is 17.4 Å².